The summed E-state index contributed by atoms with van der Waals surface area (Å²) in [6, 6.07) is 9.73. The van der Waals surface area contributed by atoms with Crippen molar-refractivity contribution in [1.82, 2.24) is 25.3 Å². The smallest absolute Gasteiger partial charge is 0.274 e. The van der Waals surface area contributed by atoms with Gasteiger partial charge in [0.25, 0.3) is 5.91 Å². The number of aromatic nitrogens is 4. The average molecular weight is 439 g/mol. The van der Waals surface area contributed by atoms with Gasteiger partial charge in [-0.3, -0.25) is 9.78 Å². The van der Waals surface area contributed by atoms with Crippen LogP contribution in [0.5, 0.6) is 0 Å². The number of hydrogen-bond acceptors (Lipinski definition) is 5. The lowest BCUT2D eigenvalue weighted by atomic mass is 9.90. The molecule has 29 heavy (non-hydrogen) atoms. The average Bonchev–Trinajstić information content (AvgIpc) is 3.02. The first-order valence-corrected chi connectivity index (χ1v) is 9.13. The SMILES string of the molecule is Cc1c(C(=O)NC(C)(CN)CC(C)C)nnn1-c1cccc2cccnc12.Cl.Cl. The van der Waals surface area contributed by atoms with E-state index < -0.39 is 5.54 Å². The van der Waals surface area contributed by atoms with Gasteiger partial charge in [0.2, 0.25) is 0 Å². The van der Waals surface area contributed by atoms with Crippen LogP contribution in [0.4, 0.5) is 0 Å². The quantitative estimate of drug-likeness (QED) is 0.613. The molecule has 3 aromatic rings. The Morgan fingerprint density at radius 1 is 1.24 bits per heavy atom. The molecule has 0 saturated heterocycles. The van der Waals surface area contributed by atoms with Crippen LogP contribution in [0.1, 0.15) is 43.4 Å². The lowest BCUT2D eigenvalue weighted by Gasteiger charge is -2.30. The highest BCUT2D eigenvalue weighted by molar-refractivity contribution is 5.94. The third-order valence-corrected chi connectivity index (χ3v) is 4.67. The Balaban J connectivity index is 0.00000210. The molecular weight excluding hydrogens is 411 g/mol. The van der Waals surface area contributed by atoms with E-state index in [1.807, 2.05) is 44.2 Å². The van der Waals surface area contributed by atoms with Gasteiger partial charge in [0.1, 0.15) is 0 Å². The maximum Gasteiger partial charge on any atom is 0.274 e. The summed E-state index contributed by atoms with van der Waals surface area (Å²) in [5.74, 6) is 0.151. The molecule has 0 spiro atoms. The van der Waals surface area contributed by atoms with E-state index in [-0.39, 0.29) is 30.7 Å². The van der Waals surface area contributed by atoms with Crippen LogP contribution in [-0.2, 0) is 0 Å². The van der Waals surface area contributed by atoms with Gasteiger partial charge in [0, 0.05) is 18.1 Å². The van der Waals surface area contributed by atoms with E-state index in [0.717, 1.165) is 23.0 Å². The second kappa shape index (κ2) is 10.0. The third kappa shape index (κ3) is 5.23. The van der Waals surface area contributed by atoms with Crippen LogP contribution in [0, 0.1) is 12.8 Å². The highest BCUT2D eigenvalue weighted by Crippen LogP contribution is 2.22. The van der Waals surface area contributed by atoms with Crippen LogP contribution >= 0.6 is 24.8 Å². The number of nitrogens with zero attached hydrogens (tertiary/aromatic N) is 4. The van der Waals surface area contributed by atoms with E-state index in [1.165, 1.54) is 0 Å². The molecule has 1 aromatic carbocycles. The van der Waals surface area contributed by atoms with Crippen LogP contribution in [0.25, 0.3) is 16.6 Å². The Kier molecular flexibility index (Phi) is 8.56. The van der Waals surface area contributed by atoms with Crippen molar-refractivity contribution in [3.05, 3.63) is 47.9 Å². The number of rotatable bonds is 6. The number of nitrogens with two attached hydrogens (primary N) is 1. The Bertz CT molecular complexity index is 969. The van der Waals surface area contributed by atoms with Crippen LogP contribution in [0.15, 0.2) is 36.5 Å². The first kappa shape index (κ1) is 24.8. The Morgan fingerprint density at radius 2 is 1.93 bits per heavy atom. The zero-order valence-corrected chi connectivity index (χ0v) is 18.7. The number of carbonyl (C=O) groups is 1. The van der Waals surface area contributed by atoms with Crippen molar-refractivity contribution >= 4 is 41.6 Å². The summed E-state index contributed by atoms with van der Waals surface area (Å²) in [6.07, 6.45) is 2.53. The van der Waals surface area contributed by atoms with Crippen LogP contribution in [0.3, 0.4) is 0 Å². The van der Waals surface area contributed by atoms with Crippen LogP contribution in [-0.4, -0.2) is 38.0 Å². The maximum absolute atomic E-state index is 12.8. The van der Waals surface area contributed by atoms with Crippen molar-refractivity contribution < 1.29 is 4.79 Å². The van der Waals surface area contributed by atoms with E-state index in [2.05, 4.69) is 34.5 Å². The van der Waals surface area contributed by atoms with Gasteiger partial charge in [0.15, 0.2) is 5.69 Å². The Hall–Kier alpha value is -2.22. The van der Waals surface area contributed by atoms with Gasteiger partial charge in [0.05, 0.1) is 22.4 Å². The summed E-state index contributed by atoms with van der Waals surface area (Å²) >= 11 is 0. The topological polar surface area (TPSA) is 98.7 Å². The molecule has 0 bridgehead atoms. The van der Waals surface area contributed by atoms with Gasteiger partial charge in [-0.2, -0.15) is 0 Å². The number of amides is 1. The first-order valence-electron chi connectivity index (χ1n) is 9.13. The third-order valence-electron chi connectivity index (χ3n) is 4.67. The van der Waals surface area contributed by atoms with Gasteiger partial charge in [-0.05, 0) is 38.3 Å². The molecule has 0 radical (unpaired) electrons. The molecule has 2 heterocycles. The van der Waals surface area contributed by atoms with E-state index in [4.69, 9.17) is 5.73 Å². The summed E-state index contributed by atoms with van der Waals surface area (Å²) < 4.78 is 1.66. The highest BCUT2D eigenvalue weighted by atomic mass is 35.5. The molecule has 1 amide bonds. The lowest BCUT2D eigenvalue weighted by molar-refractivity contribution is 0.0892. The molecule has 0 aliphatic heterocycles. The molecule has 9 heteroatoms. The molecule has 3 N–H and O–H groups in total. The van der Waals surface area contributed by atoms with Gasteiger partial charge < -0.3 is 11.1 Å². The van der Waals surface area contributed by atoms with E-state index in [0.29, 0.717) is 23.9 Å². The van der Waals surface area contributed by atoms with Crippen molar-refractivity contribution in [3.63, 3.8) is 0 Å². The predicted octanol–water partition coefficient (Wildman–Crippen LogP) is 3.46. The fraction of sp³-hybridized carbons (Fsp3) is 0.400. The number of para-hydroxylation sites is 1. The molecule has 2 aromatic heterocycles. The number of nitrogens with one attached hydrogen (secondary N) is 1. The number of benzene rings is 1. The normalized spacial score (nSPS) is 12.8. The van der Waals surface area contributed by atoms with Crippen molar-refractivity contribution in [2.45, 2.75) is 39.7 Å². The largest absolute Gasteiger partial charge is 0.344 e. The highest BCUT2D eigenvalue weighted by Gasteiger charge is 2.29. The van der Waals surface area contributed by atoms with Crippen LogP contribution < -0.4 is 11.1 Å². The van der Waals surface area contributed by atoms with Crippen molar-refractivity contribution in [2.24, 2.45) is 11.7 Å². The first-order chi connectivity index (χ1) is 12.8. The molecular formula is C20H28Cl2N6O. The van der Waals surface area contributed by atoms with Gasteiger partial charge in [-0.1, -0.05) is 37.3 Å². The minimum Gasteiger partial charge on any atom is -0.344 e. The van der Waals surface area contributed by atoms with Gasteiger partial charge in [-0.25, -0.2) is 4.68 Å². The Labute approximate surface area is 183 Å². The molecule has 1 unspecified atom stereocenters. The molecule has 0 fully saturated rings. The van der Waals surface area contributed by atoms with Gasteiger partial charge >= 0.3 is 0 Å². The molecule has 1 atom stereocenters. The number of carbonyl (C=O) groups excluding carboxylic acids is 1. The molecule has 158 valence electrons. The molecule has 0 aliphatic carbocycles. The van der Waals surface area contributed by atoms with Crippen molar-refractivity contribution in [1.29, 1.82) is 0 Å². The minimum absolute atomic E-state index is 0. The van der Waals surface area contributed by atoms with Gasteiger partial charge in [-0.15, -0.1) is 29.9 Å². The summed E-state index contributed by atoms with van der Waals surface area (Å²) in [5.41, 5.74) is 7.99. The zero-order chi connectivity index (χ0) is 19.6. The lowest BCUT2D eigenvalue weighted by Crippen LogP contribution is -2.52. The predicted molar refractivity (Wildman–Crippen MR) is 120 cm³/mol. The number of fused-ring (bicyclic) bond motifs is 1. The monoisotopic (exact) mass is 438 g/mol. The minimum atomic E-state index is -0.484. The molecule has 0 saturated carbocycles. The molecule has 0 aliphatic rings. The standard InChI is InChI=1S/C20H26N6O.2ClH/c1-13(2)11-20(4,12-21)23-19(27)17-14(3)26(25-24-17)16-9-5-7-15-8-6-10-22-18(15)16;;/h5-10,13H,11-12,21H2,1-4H3,(H,23,27);2*1H. The number of pyridine rings is 1. The van der Waals surface area contributed by atoms with E-state index in [9.17, 15) is 4.79 Å². The Morgan fingerprint density at radius 3 is 2.59 bits per heavy atom. The maximum atomic E-state index is 12.8. The second-order valence-corrected chi connectivity index (χ2v) is 7.60. The summed E-state index contributed by atoms with van der Waals surface area (Å²) in [4.78, 5) is 17.3. The number of hydrogen-bond donors (Lipinski definition) is 2. The summed E-state index contributed by atoms with van der Waals surface area (Å²) in [7, 11) is 0. The number of halogens is 2. The molecule has 7 nitrogen and oxygen atoms in total. The van der Waals surface area contributed by atoms with Crippen LogP contribution in [0.2, 0.25) is 0 Å². The molecule has 3 rings (SSSR count). The van der Waals surface area contributed by atoms with Crippen molar-refractivity contribution in [3.8, 4) is 5.69 Å². The van der Waals surface area contributed by atoms with Crippen molar-refractivity contribution in [2.75, 3.05) is 6.54 Å². The summed E-state index contributed by atoms with van der Waals surface area (Å²) in [5, 5.41) is 12.4. The fourth-order valence-corrected chi connectivity index (χ4v) is 3.45. The summed E-state index contributed by atoms with van der Waals surface area (Å²) in [6.45, 7) is 8.36. The van der Waals surface area contributed by atoms with E-state index >= 15 is 0 Å². The fourth-order valence-electron chi connectivity index (χ4n) is 3.45. The second-order valence-electron chi connectivity index (χ2n) is 7.60. The van der Waals surface area contributed by atoms with E-state index in [1.54, 1.807) is 10.9 Å². The zero-order valence-electron chi connectivity index (χ0n) is 17.0.